The van der Waals surface area contributed by atoms with Crippen LogP contribution in [0.4, 0.5) is 5.95 Å². The first kappa shape index (κ1) is 18.4. The number of hydrogen-bond donors (Lipinski definition) is 1. The summed E-state index contributed by atoms with van der Waals surface area (Å²) in [6.45, 7) is 3.24. The molecule has 2 fully saturated rings. The van der Waals surface area contributed by atoms with Crippen LogP contribution in [0.2, 0.25) is 0 Å². The maximum atomic E-state index is 12.8. The molecule has 4 rings (SSSR count). The summed E-state index contributed by atoms with van der Waals surface area (Å²) in [6, 6.07) is 4.94. The van der Waals surface area contributed by atoms with Crippen molar-refractivity contribution in [3.63, 3.8) is 0 Å². The summed E-state index contributed by atoms with van der Waals surface area (Å²) in [5.41, 5.74) is 0.343. The van der Waals surface area contributed by atoms with E-state index in [9.17, 15) is 9.59 Å². The van der Waals surface area contributed by atoms with Gasteiger partial charge in [-0.1, -0.05) is 0 Å². The molecule has 2 aliphatic rings. The Morgan fingerprint density at radius 2 is 1.93 bits per heavy atom. The van der Waals surface area contributed by atoms with Gasteiger partial charge in [0.25, 0.3) is 11.8 Å². The van der Waals surface area contributed by atoms with Gasteiger partial charge < -0.3 is 24.3 Å². The molecule has 0 bridgehead atoms. The number of nitrogens with one attached hydrogen (secondary N) is 1. The molecule has 2 aliphatic heterocycles. The van der Waals surface area contributed by atoms with Gasteiger partial charge in [0.1, 0.15) is 5.69 Å². The van der Waals surface area contributed by atoms with Crippen molar-refractivity contribution >= 4 is 17.8 Å². The second kappa shape index (κ2) is 8.39. The lowest BCUT2D eigenvalue weighted by atomic mass is 10.2. The molecule has 0 radical (unpaired) electrons. The lowest BCUT2D eigenvalue weighted by Crippen LogP contribution is -2.50. The zero-order valence-corrected chi connectivity index (χ0v) is 15.5. The molecular formula is C19H23N5O4. The van der Waals surface area contributed by atoms with Crippen molar-refractivity contribution in [2.24, 2.45) is 0 Å². The number of piperazine rings is 1. The van der Waals surface area contributed by atoms with Crippen LogP contribution in [0.1, 0.15) is 33.9 Å². The number of aromatic nitrogens is 2. The smallest absolute Gasteiger partial charge is 0.289 e. The van der Waals surface area contributed by atoms with Gasteiger partial charge in [0.15, 0.2) is 5.76 Å². The first-order chi connectivity index (χ1) is 13.7. The summed E-state index contributed by atoms with van der Waals surface area (Å²) in [4.78, 5) is 37.0. The Morgan fingerprint density at radius 1 is 1.14 bits per heavy atom. The third kappa shape index (κ3) is 4.14. The maximum Gasteiger partial charge on any atom is 0.289 e. The van der Waals surface area contributed by atoms with Crippen LogP contribution in [0.25, 0.3) is 0 Å². The number of carbonyl (C=O) groups excluding carboxylic acids is 2. The van der Waals surface area contributed by atoms with Crippen molar-refractivity contribution < 1.29 is 18.7 Å². The van der Waals surface area contributed by atoms with Gasteiger partial charge in [-0.2, -0.15) is 0 Å². The number of furan rings is 1. The van der Waals surface area contributed by atoms with Gasteiger partial charge in [0, 0.05) is 45.5 Å². The number of carbonyl (C=O) groups is 2. The standard InChI is InChI=1S/C19H23N5O4/c25-17(15-5-6-20-19(22-15)21-13-14-3-1-11-27-14)23-7-9-24(10-8-23)18(26)16-4-2-12-28-16/h2,4-6,12,14H,1,3,7-11,13H2,(H,20,21,22). The summed E-state index contributed by atoms with van der Waals surface area (Å²) in [5, 5.41) is 3.14. The molecule has 2 aromatic rings. The molecule has 9 nitrogen and oxygen atoms in total. The molecule has 0 spiro atoms. The summed E-state index contributed by atoms with van der Waals surface area (Å²) < 4.78 is 10.7. The highest BCUT2D eigenvalue weighted by molar-refractivity contribution is 5.93. The number of rotatable bonds is 5. The number of nitrogens with zero attached hydrogens (tertiary/aromatic N) is 4. The van der Waals surface area contributed by atoms with E-state index < -0.39 is 0 Å². The highest BCUT2D eigenvalue weighted by atomic mass is 16.5. The number of ether oxygens (including phenoxy) is 1. The second-order valence-corrected chi connectivity index (χ2v) is 6.84. The van der Waals surface area contributed by atoms with E-state index >= 15 is 0 Å². The molecule has 9 heteroatoms. The van der Waals surface area contributed by atoms with E-state index in [0.717, 1.165) is 19.4 Å². The Kier molecular flexibility index (Phi) is 5.52. The second-order valence-electron chi connectivity index (χ2n) is 6.84. The minimum absolute atomic E-state index is 0.153. The highest BCUT2D eigenvalue weighted by Crippen LogP contribution is 2.14. The van der Waals surface area contributed by atoms with Gasteiger partial charge in [-0.15, -0.1) is 0 Å². The van der Waals surface area contributed by atoms with Crippen LogP contribution < -0.4 is 5.32 Å². The van der Waals surface area contributed by atoms with E-state index in [1.54, 1.807) is 34.2 Å². The Balaban J connectivity index is 1.32. The van der Waals surface area contributed by atoms with Crippen molar-refractivity contribution in [3.05, 3.63) is 42.1 Å². The fourth-order valence-electron chi connectivity index (χ4n) is 3.40. The summed E-state index contributed by atoms with van der Waals surface area (Å²) >= 11 is 0. The van der Waals surface area contributed by atoms with Crippen molar-refractivity contribution in [2.75, 3.05) is 44.6 Å². The van der Waals surface area contributed by atoms with Crippen LogP contribution in [0.15, 0.2) is 35.1 Å². The van der Waals surface area contributed by atoms with Gasteiger partial charge in [-0.25, -0.2) is 9.97 Å². The predicted octanol–water partition coefficient (Wildman–Crippen LogP) is 1.26. The zero-order valence-electron chi connectivity index (χ0n) is 15.5. The van der Waals surface area contributed by atoms with E-state index in [0.29, 0.717) is 50.1 Å². The minimum atomic E-state index is -0.160. The third-order valence-corrected chi connectivity index (χ3v) is 4.97. The maximum absolute atomic E-state index is 12.8. The number of amides is 2. The highest BCUT2D eigenvalue weighted by Gasteiger charge is 2.27. The van der Waals surface area contributed by atoms with Crippen LogP contribution in [0.3, 0.4) is 0 Å². The van der Waals surface area contributed by atoms with Gasteiger partial charge in [0.05, 0.1) is 12.4 Å². The fraction of sp³-hybridized carbons (Fsp3) is 0.474. The van der Waals surface area contributed by atoms with Crippen LogP contribution in [-0.4, -0.2) is 77.0 Å². The molecule has 1 unspecified atom stereocenters. The van der Waals surface area contributed by atoms with E-state index in [-0.39, 0.29) is 17.9 Å². The third-order valence-electron chi connectivity index (χ3n) is 4.97. The molecule has 4 heterocycles. The lowest BCUT2D eigenvalue weighted by molar-refractivity contribution is 0.0515. The molecular weight excluding hydrogens is 362 g/mol. The van der Waals surface area contributed by atoms with Crippen molar-refractivity contribution in [3.8, 4) is 0 Å². The van der Waals surface area contributed by atoms with E-state index in [2.05, 4.69) is 15.3 Å². The molecule has 0 aromatic carbocycles. The number of hydrogen-bond acceptors (Lipinski definition) is 7. The average molecular weight is 385 g/mol. The SMILES string of the molecule is O=C(c1ccnc(NCC2CCCO2)n1)N1CCN(C(=O)c2ccco2)CC1. The fourth-order valence-corrected chi connectivity index (χ4v) is 3.40. The first-order valence-corrected chi connectivity index (χ1v) is 9.51. The van der Waals surface area contributed by atoms with Gasteiger partial charge in [0.2, 0.25) is 5.95 Å². The molecule has 0 saturated carbocycles. The summed E-state index contributed by atoms with van der Waals surface area (Å²) in [7, 11) is 0. The average Bonchev–Trinajstić information content (AvgIpc) is 3.46. The topological polar surface area (TPSA) is 101 Å². The monoisotopic (exact) mass is 385 g/mol. The van der Waals surface area contributed by atoms with Crippen LogP contribution >= 0.6 is 0 Å². The molecule has 1 N–H and O–H groups in total. The Bertz CT molecular complexity index is 811. The largest absolute Gasteiger partial charge is 0.459 e. The zero-order chi connectivity index (χ0) is 19.3. The molecule has 2 amide bonds. The molecule has 0 aliphatic carbocycles. The van der Waals surface area contributed by atoms with Gasteiger partial charge in [-0.3, -0.25) is 9.59 Å². The molecule has 2 saturated heterocycles. The number of anilines is 1. The summed E-state index contributed by atoms with van der Waals surface area (Å²) in [6.07, 6.45) is 5.32. The Morgan fingerprint density at radius 3 is 2.61 bits per heavy atom. The Labute approximate surface area is 162 Å². The quantitative estimate of drug-likeness (QED) is 0.827. The molecule has 1 atom stereocenters. The molecule has 28 heavy (non-hydrogen) atoms. The van der Waals surface area contributed by atoms with Crippen molar-refractivity contribution in [1.29, 1.82) is 0 Å². The summed E-state index contributed by atoms with van der Waals surface area (Å²) in [5.74, 6) is 0.429. The van der Waals surface area contributed by atoms with Crippen LogP contribution in [-0.2, 0) is 4.74 Å². The lowest BCUT2D eigenvalue weighted by Gasteiger charge is -2.34. The van der Waals surface area contributed by atoms with E-state index in [1.807, 2.05) is 0 Å². The Hall–Kier alpha value is -2.94. The van der Waals surface area contributed by atoms with E-state index in [4.69, 9.17) is 9.15 Å². The first-order valence-electron chi connectivity index (χ1n) is 9.51. The normalized spacial score (nSPS) is 19.6. The van der Waals surface area contributed by atoms with Crippen LogP contribution in [0.5, 0.6) is 0 Å². The van der Waals surface area contributed by atoms with Gasteiger partial charge in [-0.05, 0) is 31.0 Å². The minimum Gasteiger partial charge on any atom is -0.459 e. The van der Waals surface area contributed by atoms with E-state index in [1.165, 1.54) is 6.26 Å². The molecule has 2 aromatic heterocycles. The van der Waals surface area contributed by atoms with Crippen LogP contribution in [0, 0.1) is 0 Å². The van der Waals surface area contributed by atoms with Crippen molar-refractivity contribution in [2.45, 2.75) is 18.9 Å². The predicted molar refractivity (Wildman–Crippen MR) is 100 cm³/mol. The molecule has 148 valence electrons. The van der Waals surface area contributed by atoms with Gasteiger partial charge >= 0.3 is 0 Å². The van der Waals surface area contributed by atoms with Crippen molar-refractivity contribution in [1.82, 2.24) is 19.8 Å².